The Kier molecular flexibility index (Phi) is 9.53. The maximum absolute atomic E-state index is 10.9. The summed E-state index contributed by atoms with van der Waals surface area (Å²) in [6.45, 7) is 10.2. The van der Waals surface area contributed by atoms with Crippen LogP contribution in [0.4, 0.5) is 0 Å². The van der Waals surface area contributed by atoms with Crippen LogP contribution in [0.5, 0.6) is 0 Å². The van der Waals surface area contributed by atoms with Gasteiger partial charge >= 0.3 is 0 Å². The highest BCUT2D eigenvalue weighted by Gasteiger charge is 2.26. The summed E-state index contributed by atoms with van der Waals surface area (Å²) in [6, 6.07) is 2.82. The Hall–Kier alpha value is -2.68. The molecule has 0 aromatic rings. The summed E-state index contributed by atoms with van der Waals surface area (Å²) >= 11 is 0. The van der Waals surface area contributed by atoms with Gasteiger partial charge in [0.2, 0.25) is 0 Å². The maximum atomic E-state index is 10.9. The molecule has 0 saturated heterocycles. The summed E-state index contributed by atoms with van der Waals surface area (Å²) in [5.74, 6) is 1.70. The summed E-state index contributed by atoms with van der Waals surface area (Å²) in [7, 11) is 0. The highest BCUT2D eigenvalue weighted by Crippen LogP contribution is 2.25. The largest absolute Gasteiger partial charge is 0.367 e. The molecule has 6 nitrogen and oxygen atoms in total. The van der Waals surface area contributed by atoms with Crippen molar-refractivity contribution in [2.45, 2.75) is 71.8 Å². The third-order valence-corrected chi connectivity index (χ3v) is 5.09. The van der Waals surface area contributed by atoms with Gasteiger partial charge in [0, 0.05) is 30.0 Å². The van der Waals surface area contributed by atoms with Gasteiger partial charge in [-0.2, -0.15) is 10.4 Å². The van der Waals surface area contributed by atoms with E-state index >= 15 is 0 Å². The number of allylic oxidation sites excluding steroid dienone is 3. The SMILES string of the molecule is C=C1N=C(CC/C=C\C(C#N)CCC)C=C(NC2CC2)N1/N=C\C(C)CC(C)C=O. The van der Waals surface area contributed by atoms with E-state index in [1.807, 2.05) is 25.3 Å². The molecule has 1 N–H and O–H groups in total. The van der Waals surface area contributed by atoms with Gasteiger partial charge in [-0.05, 0) is 44.4 Å². The van der Waals surface area contributed by atoms with Gasteiger partial charge in [0.25, 0.3) is 0 Å². The monoisotopic (exact) mass is 409 g/mol. The molecule has 2 aliphatic rings. The van der Waals surface area contributed by atoms with E-state index in [0.717, 1.165) is 62.8 Å². The molecule has 1 aliphatic heterocycles. The smallest absolute Gasteiger partial charge is 0.148 e. The molecule has 0 amide bonds. The highest BCUT2D eigenvalue weighted by atomic mass is 16.1. The topological polar surface area (TPSA) is 80.8 Å². The fraction of sp³-hybridized carbons (Fsp3) is 0.583. The molecule has 0 aromatic heterocycles. The summed E-state index contributed by atoms with van der Waals surface area (Å²) in [5, 5.41) is 19.0. The Balaban J connectivity index is 2.00. The first-order chi connectivity index (χ1) is 14.5. The fourth-order valence-corrected chi connectivity index (χ4v) is 3.29. The minimum atomic E-state index is -0.00496. The van der Waals surface area contributed by atoms with Crippen molar-refractivity contribution in [3.8, 4) is 6.07 Å². The molecule has 1 heterocycles. The van der Waals surface area contributed by atoms with E-state index in [2.05, 4.69) is 48.0 Å². The number of carbonyl (C=O) groups excluding carboxylic acids is 1. The number of rotatable bonds is 13. The van der Waals surface area contributed by atoms with Crippen molar-refractivity contribution in [2.24, 2.45) is 27.8 Å². The number of aldehydes is 1. The van der Waals surface area contributed by atoms with Crippen LogP contribution in [0, 0.1) is 29.1 Å². The Morgan fingerprint density at radius 3 is 2.83 bits per heavy atom. The van der Waals surface area contributed by atoms with Crippen molar-refractivity contribution >= 4 is 18.2 Å². The molecule has 6 heteroatoms. The fourth-order valence-electron chi connectivity index (χ4n) is 3.29. The number of nitrogens with zero attached hydrogens (tertiary/aromatic N) is 4. The first-order valence-electron chi connectivity index (χ1n) is 11.1. The Morgan fingerprint density at radius 2 is 2.20 bits per heavy atom. The Bertz CT molecular complexity index is 754. The molecule has 1 saturated carbocycles. The molecule has 162 valence electrons. The molecule has 1 aliphatic carbocycles. The van der Waals surface area contributed by atoms with Gasteiger partial charge in [-0.15, -0.1) is 0 Å². The minimum Gasteiger partial charge on any atom is -0.367 e. The average molecular weight is 410 g/mol. The molecule has 0 bridgehead atoms. The lowest BCUT2D eigenvalue weighted by molar-refractivity contribution is -0.110. The highest BCUT2D eigenvalue weighted by molar-refractivity contribution is 5.97. The normalized spacial score (nSPS) is 19.9. The minimum absolute atomic E-state index is 0.00496. The van der Waals surface area contributed by atoms with Crippen molar-refractivity contribution in [2.75, 3.05) is 0 Å². The van der Waals surface area contributed by atoms with E-state index in [0.29, 0.717) is 11.9 Å². The third-order valence-electron chi connectivity index (χ3n) is 5.09. The van der Waals surface area contributed by atoms with Crippen LogP contribution in [0.15, 0.2) is 46.5 Å². The zero-order chi connectivity index (χ0) is 21.9. The summed E-state index contributed by atoms with van der Waals surface area (Å²) in [6.07, 6.45) is 15.6. The second-order valence-corrected chi connectivity index (χ2v) is 8.36. The van der Waals surface area contributed by atoms with Gasteiger partial charge in [-0.3, -0.25) is 0 Å². The van der Waals surface area contributed by atoms with Crippen LogP contribution in [0.2, 0.25) is 0 Å². The van der Waals surface area contributed by atoms with E-state index in [-0.39, 0.29) is 17.8 Å². The van der Waals surface area contributed by atoms with Crippen LogP contribution in [-0.4, -0.2) is 29.3 Å². The number of carbonyl (C=O) groups is 1. The van der Waals surface area contributed by atoms with Gasteiger partial charge < -0.3 is 10.1 Å². The number of hydrazone groups is 1. The summed E-state index contributed by atoms with van der Waals surface area (Å²) in [5.41, 5.74) is 0.964. The Labute approximate surface area is 181 Å². The molecule has 0 radical (unpaired) electrons. The number of hydrogen-bond donors (Lipinski definition) is 1. The number of nitrogens with one attached hydrogen (secondary N) is 1. The number of hydrogen-bond acceptors (Lipinski definition) is 6. The first kappa shape index (κ1) is 23.6. The summed E-state index contributed by atoms with van der Waals surface area (Å²) < 4.78 is 0. The summed E-state index contributed by atoms with van der Waals surface area (Å²) in [4.78, 5) is 15.5. The van der Waals surface area contributed by atoms with Crippen LogP contribution < -0.4 is 5.32 Å². The van der Waals surface area contributed by atoms with Crippen molar-refractivity contribution < 1.29 is 4.79 Å². The number of nitriles is 1. The molecule has 1 fully saturated rings. The standard InChI is InChI=1S/C24H35N5O/c1-5-8-21(15-25)9-6-7-10-23-14-24(28-22-11-12-22)29(20(4)27-23)26-16-18(2)13-19(3)17-30/h6,9,14,16-19,21-22,28H,4-5,7-8,10-13H2,1-3H3/b9-6-,26-16-. The van der Waals surface area contributed by atoms with Crippen molar-refractivity contribution in [1.82, 2.24) is 10.3 Å². The van der Waals surface area contributed by atoms with Crippen LogP contribution >= 0.6 is 0 Å². The second kappa shape index (κ2) is 12.1. The van der Waals surface area contributed by atoms with Crippen molar-refractivity contribution in [3.63, 3.8) is 0 Å². The van der Waals surface area contributed by atoms with E-state index < -0.39 is 0 Å². The molecule has 2 rings (SSSR count). The number of aliphatic imine (C=N–C) groups is 1. The quantitative estimate of drug-likeness (QED) is 0.266. The van der Waals surface area contributed by atoms with Crippen LogP contribution in [0.25, 0.3) is 0 Å². The molecule has 30 heavy (non-hydrogen) atoms. The van der Waals surface area contributed by atoms with Crippen LogP contribution in [-0.2, 0) is 4.79 Å². The molecule has 0 spiro atoms. The molecule has 3 atom stereocenters. The average Bonchev–Trinajstić information content (AvgIpc) is 3.53. The van der Waals surface area contributed by atoms with Gasteiger partial charge in [-0.1, -0.05) is 45.9 Å². The van der Waals surface area contributed by atoms with Gasteiger partial charge in [0.05, 0.1) is 12.0 Å². The van der Waals surface area contributed by atoms with E-state index in [1.54, 1.807) is 5.01 Å². The van der Waals surface area contributed by atoms with Gasteiger partial charge in [0.15, 0.2) is 0 Å². The van der Waals surface area contributed by atoms with Crippen LogP contribution in [0.1, 0.15) is 65.7 Å². The lowest BCUT2D eigenvalue weighted by Gasteiger charge is -2.27. The molecule has 3 unspecified atom stereocenters. The van der Waals surface area contributed by atoms with E-state index in [4.69, 9.17) is 5.26 Å². The lowest BCUT2D eigenvalue weighted by Crippen LogP contribution is -2.32. The van der Waals surface area contributed by atoms with E-state index in [1.165, 1.54) is 0 Å². The lowest BCUT2D eigenvalue weighted by atomic mass is 10.00. The predicted octanol–water partition coefficient (Wildman–Crippen LogP) is 4.93. The zero-order valence-electron chi connectivity index (χ0n) is 18.6. The first-order valence-corrected chi connectivity index (χ1v) is 11.1. The zero-order valence-corrected chi connectivity index (χ0v) is 18.6. The van der Waals surface area contributed by atoms with Crippen molar-refractivity contribution in [3.05, 3.63) is 36.4 Å². The second-order valence-electron chi connectivity index (χ2n) is 8.36. The maximum Gasteiger partial charge on any atom is 0.148 e. The Morgan fingerprint density at radius 1 is 1.43 bits per heavy atom. The molecular formula is C24H35N5O. The van der Waals surface area contributed by atoms with E-state index in [9.17, 15) is 4.79 Å². The molecule has 0 aromatic carbocycles. The predicted molar refractivity (Wildman–Crippen MR) is 123 cm³/mol. The van der Waals surface area contributed by atoms with Crippen LogP contribution in [0.3, 0.4) is 0 Å². The molecular weight excluding hydrogens is 374 g/mol. The third kappa shape index (κ3) is 7.98. The van der Waals surface area contributed by atoms with Gasteiger partial charge in [0.1, 0.15) is 17.9 Å². The van der Waals surface area contributed by atoms with Crippen molar-refractivity contribution in [1.29, 1.82) is 5.26 Å². The van der Waals surface area contributed by atoms with Gasteiger partial charge in [-0.25, -0.2) is 10.0 Å².